The molecule has 0 fully saturated rings. The van der Waals surface area contributed by atoms with Crippen LogP contribution in [0.15, 0.2) is 65.9 Å². The number of hydrogen-bond acceptors (Lipinski definition) is 4. The van der Waals surface area contributed by atoms with Crippen LogP contribution in [-0.2, 0) is 6.18 Å². The van der Waals surface area contributed by atoms with Crippen LogP contribution in [0.4, 0.5) is 13.2 Å². The molecule has 6 nitrogen and oxygen atoms in total. The number of para-hydroxylation sites is 1. The minimum Gasteiger partial charge on any atom is -0.508 e. The van der Waals surface area contributed by atoms with Crippen molar-refractivity contribution in [2.45, 2.75) is 6.18 Å². The first kappa shape index (κ1) is 18.2. The lowest BCUT2D eigenvalue weighted by molar-refractivity contribution is -0.143. The third-order valence-corrected chi connectivity index (χ3v) is 3.56. The van der Waals surface area contributed by atoms with Crippen LogP contribution in [0.3, 0.4) is 0 Å². The van der Waals surface area contributed by atoms with E-state index < -0.39 is 23.3 Å². The van der Waals surface area contributed by atoms with Gasteiger partial charge in [-0.3, -0.25) is 4.79 Å². The van der Waals surface area contributed by atoms with Crippen molar-refractivity contribution < 1.29 is 23.1 Å². The van der Waals surface area contributed by atoms with Crippen molar-refractivity contribution in [2.24, 2.45) is 5.10 Å². The van der Waals surface area contributed by atoms with Crippen molar-refractivity contribution in [2.75, 3.05) is 0 Å². The summed E-state index contributed by atoms with van der Waals surface area (Å²) in [6.07, 6.45) is -2.70. The molecule has 0 aliphatic carbocycles. The van der Waals surface area contributed by atoms with Crippen LogP contribution in [0.5, 0.6) is 5.75 Å². The zero-order valence-electron chi connectivity index (χ0n) is 13.7. The Morgan fingerprint density at radius 3 is 2.41 bits per heavy atom. The van der Waals surface area contributed by atoms with Gasteiger partial charge in [0, 0.05) is 0 Å². The molecule has 0 atom stereocenters. The van der Waals surface area contributed by atoms with Gasteiger partial charge in [-0.15, -0.1) is 0 Å². The normalized spacial score (nSPS) is 11.7. The zero-order chi connectivity index (χ0) is 19.4. The molecule has 138 valence electrons. The first-order chi connectivity index (χ1) is 12.9. The summed E-state index contributed by atoms with van der Waals surface area (Å²) in [5, 5.41) is 16.5. The molecule has 27 heavy (non-hydrogen) atoms. The SMILES string of the molecule is O=C(NN=Cc1ccc(O)cc1)c1cnn(-c2ccccc2)c1C(F)(F)F. The number of carbonyl (C=O) groups is 1. The number of carbonyl (C=O) groups excluding carboxylic acids is 1. The number of amides is 1. The average molecular weight is 374 g/mol. The number of phenolic OH excluding ortho intramolecular Hbond substituents is 1. The minimum absolute atomic E-state index is 0.0549. The molecular formula is C18H13F3N4O2. The first-order valence-corrected chi connectivity index (χ1v) is 7.69. The number of rotatable bonds is 4. The molecule has 2 aromatic carbocycles. The molecule has 2 N–H and O–H groups in total. The second kappa shape index (κ2) is 7.32. The topological polar surface area (TPSA) is 79.5 Å². The second-order valence-electron chi connectivity index (χ2n) is 5.44. The monoisotopic (exact) mass is 374 g/mol. The number of nitrogens with one attached hydrogen (secondary N) is 1. The third-order valence-electron chi connectivity index (χ3n) is 3.56. The number of halogens is 3. The lowest BCUT2D eigenvalue weighted by Crippen LogP contribution is -2.23. The molecular weight excluding hydrogens is 361 g/mol. The summed E-state index contributed by atoms with van der Waals surface area (Å²) in [4.78, 5) is 12.2. The zero-order valence-corrected chi connectivity index (χ0v) is 13.7. The molecule has 3 rings (SSSR count). The van der Waals surface area contributed by atoms with Gasteiger partial charge in [-0.1, -0.05) is 18.2 Å². The molecule has 0 aliphatic heterocycles. The van der Waals surface area contributed by atoms with E-state index in [1.54, 1.807) is 18.2 Å². The highest BCUT2D eigenvalue weighted by Crippen LogP contribution is 2.33. The van der Waals surface area contributed by atoms with Gasteiger partial charge in [0.25, 0.3) is 5.91 Å². The molecule has 9 heteroatoms. The lowest BCUT2D eigenvalue weighted by atomic mass is 10.2. The van der Waals surface area contributed by atoms with Crippen LogP contribution in [0.2, 0.25) is 0 Å². The van der Waals surface area contributed by atoms with E-state index in [4.69, 9.17) is 0 Å². The Morgan fingerprint density at radius 1 is 1.11 bits per heavy atom. The molecule has 0 spiro atoms. The Balaban J connectivity index is 1.86. The molecule has 0 saturated carbocycles. The standard InChI is InChI=1S/C18H13F3N4O2/c19-18(20,21)16-15(11-23-25(16)13-4-2-1-3-5-13)17(27)24-22-10-12-6-8-14(26)9-7-12/h1-11,26H,(H,24,27). The van der Waals surface area contributed by atoms with Gasteiger partial charge in [-0.2, -0.15) is 23.4 Å². The van der Waals surface area contributed by atoms with Gasteiger partial charge in [0.05, 0.1) is 23.7 Å². The van der Waals surface area contributed by atoms with Crippen molar-refractivity contribution in [3.63, 3.8) is 0 Å². The van der Waals surface area contributed by atoms with Crippen molar-refractivity contribution in [1.82, 2.24) is 15.2 Å². The fourth-order valence-electron chi connectivity index (χ4n) is 2.34. The Morgan fingerprint density at radius 2 is 1.78 bits per heavy atom. The summed E-state index contributed by atoms with van der Waals surface area (Å²) in [6, 6.07) is 13.6. The quantitative estimate of drug-likeness (QED) is 0.543. The molecule has 0 radical (unpaired) electrons. The van der Waals surface area contributed by atoms with Gasteiger partial charge in [0.15, 0.2) is 5.69 Å². The van der Waals surface area contributed by atoms with E-state index in [2.05, 4.69) is 15.6 Å². The lowest BCUT2D eigenvalue weighted by Gasteiger charge is -2.12. The number of aromatic hydroxyl groups is 1. The van der Waals surface area contributed by atoms with E-state index >= 15 is 0 Å². The minimum atomic E-state index is -4.79. The summed E-state index contributed by atoms with van der Waals surface area (Å²) in [5.74, 6) is -0.987. The smallest absolute Gasteiger partial charge is 0.434 e. The molecule has 0 saturated heterocycles. The predicted molar refractivity (Wildman–Crippen MR) is 91.7 cm³/mol. The summed E-state index contributed by atoms with van der Waals surface area (Å²) >= 11 is 0. The van der Waals surface area contributed by atoms with E-state index in [1.165, 1.54) is 42.6 Å². The van der Waals surface area contributed by atoms with Gasteiger partial charge in [-0.25, -0.2) is 10.1 Å². The van der Waals surface area contributed by atoms with E-state index in [9.17, 15) is 23.1 Å². The number of hydrazone groups is 1. The molecule has 0 bridgehead atoms. The number of aromatic nitrogens is 2. The van der Waals surface area contributed by atoms with Crippen LogP contribution in [0.25, 0.3) is 5.69 Å². The maximum Gasteiger partial charge on any atom is 0.434 e. The fourth-order valence-corrected chi connectivity index (χ4v) is 2.34. The second-order valence-corrected chi connectivity index (χ2v) is 5.44. The molecule has 1 amide bonds. The molecule has 0 aliphatic rings. The van der Waals surface area contributed by atoms with Crippen molar-refractivity contribution in [1.29, 1.82) is 0 Å². The van der Waals surface area contributed by atoms with Crippen LogP contribution in [0, 0.1) is 0 Å². The number of phenols is 1. The molecule has 1 aromatic heterocycles. The van der Waals surface area contributed by atoms with Crippen LogP contribution < -0.4 is 5.43 Å². The van der Waals surface area contributed by atoms with E-state index in [-0.39, 0.29) is 11.4 Å². The van der Waals surface area contributed by atoms with Gasteiger partial charge < -0.3 is 5.11 Å². The Hall–Kier alpha value is -3.62. The van der Waals surface area contributed by atoms with Gasteiger partial charge in [0.1, 0.15) is 5.75 Å². The fraction of sp³-hybridized carbons (Fsp3) is 0.0556. The highest BCUT2D eigenvalue weighted by Gasteiger charge is 2.40. The van der Waals surface area contributed by atoms with E-state index in [0.717, 1.165) is 6.20 Å². The Kier molecular flexibility index (Phi) is 4.93. The number of alkyl halides is 3. The van der Waals surface area contributed by atoms with E-state index in [1.807, 2.05) is 0 Å². The van der Waals surface area contributed by atoms with Gasteiger partial charge in [-0.05, 0) is 42.0 Å². The van der Waals surface area contributed by atoms with Crippen LogP contribution >= 0.6 is 0 Å². The van der Waals surface area contributed by atoms with Crippen LogP contribution in [0.1, 0.15) is 21.6 Å². The molecule has 3 aromatic rings. The van der Waals surface area contributed by atoms with E-state index in [0.29, 0.717) is 10.2 Å². The summed E-state index contributed by atoms with van der Waals surface area (Å²) < 4.78 is 41.2. The van der Waals surface area contributed by atoms with Crippen LogP contribution in [-0.4, -0.2) is 27.0 Å². The average Bonchev–Trinajstić information content (AvgIpc) is 3.10. The molecule has 1 heterocycles. The summed E-state index contributed by atoms with van der Waals surface area (Å²) in [6.45, 7) is 0. The largest absolute Gasteiger partial charge is 0.508 e. The highest BCUT2D eigenvalue weighted by molar-refractivity contribution is 5.96. The summed E-state index contributed by atoms with van der Waals surface area (Å²) in [7, 11) is 0. The van der Waals surface area contributed by atoms with Gasteiger partial charge in [0.2, 0.25) is 0 Å². The number of benzene rings is 2. The maximum atomic E-state index is 13.5. The van der Waals surface area contributed by atoms with Crippen molar-refractivity contribution in [3.05, 3.63) is 77.6 Å². The highest BCUT2D eigenvalue weighted by atomic mass is 19.4. The Labute approximate surface area is 151 Å². The molecule has 0 unspecified atom stereocenters. The summed E-state index contributed by atoms with van der Waals surface area (Å²) in [5.41, 5.74) is 0.944. The third kappa shape index (κ3) is 4.14. The predicted octanol–water partition coefficient (Wildman–Crippen LogP) is 3.36. The Bertz CT molecular complexity index is 965. The first-order valence-electron chi connectivity index (χ1n) is 7.69. The number of hydrogen-bond donors (Lipinski definition) is 2. The van der Waals surface area contributed by atoms with Gasteiger partial charge >= 0.3 is 6.18 Å². The maximum absolute atomic E-state index is 13.5. The van der Waals surface area contributed by atoms with Crippen molar-refractivity contribution in [3.8, 4) is 11.4 Å². The number of nitrogens with zero attached hydrogens (tertiary/aromatic N) is 3. The van der Waals surface area contributed by atoms with Crippen molar-refractivity contribution >= 4 is 12.1 Å².